The molecule has 2 saturated carbocycles. The summed E-state index contributed by atoms with van der Waals surface area (Å²) in [6, 6.07) is 0. The molecule has 0 N–H and O–H groups in total. The highest BCUT2D eigenvalue weighted by Crippen LogP contribution is 2.66. The largest absolute Gasteiger partial charge is 0.381 e. The molecular formula is C10H18O. The van der Waals surface area contributed by atoms with Gasteiger partial charge in [-0.25, -0.2) is 0 Å². The first-order chi connectivity index (χ1) is 5.21. The number of rotatable bonds is 1. The Labute approximate surface area is 69.1 Å². The normalized spacial score (nSPS) is 55.4. The summed E-state index contributed by atoms with van der Waals surface area (Å²) in [5.41, 5.74) is 0.549. The van der Waals surface area contributed by atoms with E-state index in [1.807, 2.05) is 7.11 Å². The Balaban J connectivity index is 2.12. The van der Waals surface area contributed by atoms with Gasteiger partial charge in [0.2, 0.25) is 0 Å². The summed E-state index contributed by atoms with van der Waals surface area (Å²) in [6.07, 6.45) is 4.66. The number of hydrogen-bond acceptors (Lipinski definition) is 1. The standard InChI is InChI=1S/C10H18O/c1-7-8-5-4-6-9(11-3)10(7,8)2/h7-9H,4-6H2,1-3H3/t7-,8+,9+,10-/m0/s1. The summed E-state index contributed by atoms with van der Waals surface area (Å²) < 4.78 is 5.52. The van der Waals surface area contributed by atoms with E-state index >= 15 is 0 Å². The van der Waals surface area contributed by atoms with Crippen molar-refractivity contribution in [3.8, 4) is 0 Å². The molecule has 0 heterocycles. The van der Waals surface area contributed by atoms with E-state index in [4.69, 9.17) is 4.74 Å². The summed E-state index contributed by atoms with van der Waals surface area (Å²) in [7, 11) is 1.86. The second-order valence-electron chi connectivity index (χ2n) is 4.42. The maximum Gasteiger partial charge on any atom is 0.0630 e. The molecule has 64 valence electrons. The SMILES string of the molecule is CO[C@@H]1CCC[C@@H]2[C@H](C)[C@@]21C. The first-order valence-electron chi connectivity index (χ1n) is 4.74. The maximum atomic E-state index is 5.52. The van der Waals surface area contributed by atoms with E-state index in [0.29, 0.717) is 11.5 Å². The third-order valence-corrected chi connectivity index (χ3v) is 4.23. The predicted octanol–water partition coefficient (Wildman–Crippen LogP) is 2.46. The molecule has 2 rings (SSSR count). The van der Waals surface area contributed by atoms with Crippen LogP contribution in [0.3, 0.4) is 0 Å². The van der Waals surface area contributed by atoms with E-state index < -0.39 is 0 Å². The quantitative estimate of drug-likeness (QED) is 0.563. The van der Waals surface area contributed by atoms with Crippen LogP contribution in [0.5, 0.6) is 0 Å². The highest BCUT2D eigenvalue weighted by Gasteiger charge is 2.63. The van der Waals surface area contributed by atoms with Crippen LogP contribution in [0.4, 0.5) is 0 Å². The molecule has 2 aliphatic rings. The van der Waals surface area contributed by atoms with Crippen LogP contribution in [0.1, 0.15) is 33.1 Å². The van der Waals surface area contributed by atoms with Crippen LogP contribution in [-0.2, 0) is 4.74 Å². The lowest BCUT2D eigenvalue weighted by Gasteiger charge is -2.27. The molecule has 0 amide bonds. The Morgan fingerprint density at radius 1 is 1.36 bits per heavy atom. The molecule has 0 bridgehead atoms. The Bertz CT molecular complexity index is 166. The zero-order chi connectivity index (χ0) is 8.06. The molecule has 0 aromatic carbocycles. The molecule has 4 atom stereocenters. The van der Waals surface area contributed by atoms with Gasteiger partial charge in [0, 0.05) is 7.11 Å². The van der Waals surface area contributed by atoms with Crippen molar-refractivity contribution in [2.75, 3.05) is 7.11 Å². The Morgan fingerprint density at radius 2 is 2.09 bits per heavy atom. The van der Waals surface area contributed by atoms with Crippen LogP contribution in [-0.4, -0.2) is 13.2 Å². The highest BCUT2D eigenvalue weighted by molar-refractivity contribution is 5.11. The van der Waals surface area contributed by atoms with Crippen molar-refractivity contribution >= 4 is 0 Å². The van der Waals surface area contributed by atoms with Crippen molar-refractivity contribution in [2.45, 2.75) is 39.2 Å². The van der Waals surface area contributed by atoms with Crippen LogP contribution >= 0.6 is 0 Å². The zero-order valence-electron chi connectivity index (χ0n) is 7.76. The van der Waals surface area contributed by atoms with Gasteiger partial charge in [-0.1, -0.05) is 20.3 Å². The van der Waals surface area contributed by atoms with Crippen LogP contribution in [0, 0.1) is 17.3 Å². The highest BCUT2D eigenvalue weighted by atomic mass is 16.5. The van der Waals surface area contributed by atoms with E-state index in [-0.39, 0.29) is 0 Å². The molecule has 0 radical (unpaired) electrons. The number of hydrogen-bond donors (Lipinski definition) is 0. The minimum atomic E-state index is 0.549. The van der Waals surface area contributed by atoms with Gasteiger partial charge in [0.05, 0.1) is 6.10 Å². The number of methoxy groups -OCH3 is 1. The monoisotopic (exact) mass is 154 g/mol. The first kappa shape index (κ1) is 7.60. The van der Waals surface area contributed by atoms with Crippen molar-refractivity contribution in [1.82, 2.24) is 0 Å². The Morgan fingerprint density at radius 3 is 2.64 bits per heavy atom. The smallest absolute Gasteiger partial charge is 0.0630 e. The minimum Gasteiger partial charge on any atom is -0.381 e. The fourth-order valence-corrected chi connectivity index (χ4v) is 3.16. The van der Waals surface area contributed by atoms with Gasteiger partial charge in [0.15, 0.2) is 0 Å². The summed E-state index contributed by atoms with van der Waals surface area (Å²) in [4.78, 5) is 0. The summed E-state index contributed by atoms with van der Waals surface area (Å²) in [5, 5.41) is 0. The van der Waals surface area contributed by atoms with Gasteiger partial charge in [-0.05, 0) is 30.1 Å². The van der Waals surface area contributed by atoms with Gasteiger partial charge in [0.1, 0.15) is 0 Å². The third-order valence-electron chi connectivity index (χ3n) is 4.23. The van der Waals surface area contributed by atoms with Crippen molar-refractivity contribution in [3.05, 3.63) is 0 Å². The molecule has 0 unspecified atom stereocenters. The number of fused-ring (bicyclic) bond motifs is 1. The van der Waals surface area contributed by atoms with E-state index in [0.717, 1.165) is 11.8 Å². The fraction of sp³-hybridized carbons (Fsp3) is 1.00. The zero-order valence-corrected chi connectivity index (χ0v) is 7.76. The van der Waals surface area contributed by atoms with E-state index in [1.165, 1.54) is 19.3 Å². The molecule has 0 aromatic rings. The lowest BCUT2D eigenvalue weighted by molar-refractivity contribution is 0.0151. The lowest BCUT2D eigenvalue weighted by Crippen LogP contribution is -2.27. The molecule has 1 heteroatoms. The maximum absolute atomic E-state index is 5.52. The first-order valence-corrected chi connectivity index (χ1v) is 4.74. The molecule has 2 fully saturated rings. The minimum absolute atomic E-state index is 0.549. The van der Waals surface area contributed by atoms with Gasteiger partial charge in [0.25, 0.3) is 0 Å². The predicted molar refractivity (Wildman–Crippen MR) is 45.4 cm³/mol. The molecule has 11 heavy (non-hydrogen) atoms. The van der Waals surface area contributed by atoms with E-state index in [2.05, 4.69) is 13.8 Å². The van der Waals surface area contributed by atoms with Crippen molar-refractivity contribution in [3.63, 3.8) is 0 Å². The van der Waals surface area contributed by atoms with Gasteiger partial charge in [-0.15, -0.1) is 0 Å². The lowest BCUT2D eigenvalue weighted by atomic mass is 9.87. The van der Waals surface area contributed by atoms with Crippen LogP contribution in [0.25, 0.3) is 0 Å². The van der Waals surface area contributed by atoms with E-state index in [1.54, 1.807) is 0 Å². The van der Waals surface area contributed by atoms with Crippen molar-refractivity contribution < 1.29 is 4.74 Å². The fourth-order valence-electron chi connectivity index (χ4n) is 3.16. The van der Waals surface area contributed by atoms with E-state index in [9.17, 15) is 0 Å². The van der Waals surface area contributed by atoms with Gasteiger partial charge in [-0.3, -0.25) is 0 Å². The molecule has 0 spiro atoms. The Hall–Kier alpha value is -0.0400. The molecule has 0 aliphatic heterocycles. The van der Waals surface area contributed by atoms with Crippen molar-refractivity contribution in [1.29, 1.82) is 0 Å². The molecule has 0 saturated heterocycles. The molecule has 0 aromatic heterocycles. The summed E-state index contributed by atoms with van der Waals surface area (Å²) in [5.74, 6) is 1.89. The second kappa shape index (κ2) is 2.22. The topological polar surface area (TPSA) is 9.23 Å². The van der Waals surface area contributed by atoms with Crippen LogP contribution < -0.4 is 0 Å². The number of ether oxygens (including phenoxy) is 1. The average molecular weight is 154 g/mol. The second-order valence-corrected chi connectivity index (χ2v) is 4.42. The van der Waals surface area contributed by atoms with Gasteiger partial charge < -0.3 is 4.74 Å². The molecule has 2 aliphatic carbocycles. The van der Waals surface area contributed by atoms with Crippen LogP contribution in [0.2, 0.25) is 0 Å². The summed E-state index contributed by atoms with van der Waals surface area (Å²) in [6.45, 7) is 4.78. The molecular weight excluding hydrogens is 136 g/mol. The van der Waals surface area contributed by atoms with Gasteiger partial charge >= 0.3 is 0 Å². The van der Waals surface area contributed by atoms with Gasteiger partial charge in [-0.2, -0.15) is 0 Å². The molecule has 1 nitrogen and oxygen atoms in total. The van der Waals surface area contributed by atoms with Crippen LogP contribution in [0.15, 0.2) is 0 Å². The van der Waals surface area contributed by atoms with Crippen molar-refractivity contribution in [2.24, 2.45) is 17.3 Å². The average Bonchev–Trinajstić information content (AvgIpc) is 2.55. The summed E-state index contributed by atoms with van der Waals surface area (Å²) >= 11 is 0. The Kier molecular flexibility index (Phi) is 1.54. The third kappa shape index (κ3) is 0.807.